The van der Waals surface area contributed by atoms with Crippen LogP contribution in [0.15, 0.2) is 42.6 Å². The molecule has 32 heavy (non-hydrogen) atoms. The number of carbonyl (C=O) groups is 1. The first-order valence-electron chi connectivity index (χ1n) is 10.6. The Hall–Kier alpha value is -3.94. The van der Waals surface area contributed by atoms with Gasteiger partial charge in [0.25, 0.3) is 5.91 Å². The Kier molecular flexibility index (Phi) is 4.58. The fourth-order valence-corrected chi connectivity index (χ4v) is 3.94. The van der Waals surface area contributed by atoms with E-state index in [0.29, 0.717) is 16.9 Å². The van der Waals surface area contributed by atoms with Gasteiger partial charge in [0.2, 0.25) is 0 Å². The van der Waals surface area contributed by atoms with Crippen molar-refractivity contribution in [1.29, 1.82) is 0 Å². The predicted octanol–water partition coefficient (Wildman–Crippen LogP) is 3.89. The predicted molar refractivity (Wildman–Crippen MR) is 126 cm³/mol. The highest BCUT2D eigenvalue weighted by atomic mass is 16.1. The number of H-pyrrole nitrogens is 1. The number of benzene rings is 2. The van der Waals surface area contributed by atoms with Crippen molar-refractivity contribution in [2.45, 2.75) is 26.7 Å². The molecule has 1 amide bonds. The van der Waals surface area contributed by atoms with Crippen LogP contribution in [-0.2, 0) is 0 Å². The lowest BCUT2D eigenvalue weighted by atomic mass is 9.99. The summed E-state index contributed by atoms with van der Waals surface area (Å²) in [6.45, 7) is 5.10. The number of aromatic nitrogens is 4. The minimum absolute atomic E-state index is 0.00820. The quantitative estimate of drug-likeness (QED) is 0.369. The molecule has 1 saturated carbocycles. The maximum atomic E-state index is 12.3. The summed E-state index contributed by atoms with van der Waals surface area (Å²) >= 11 is 0. The molecule has 2 aromatic heterocycles. The van der Waals surface area contributed by atoms with Gasteiger partial charge in [-0.3, -0.25) is 9.89 Å². The fourth-order valence-electron chi connectivity index (χ4n) is 3.94. The topological polar surface area (TPSA) is 136 Å². The van der Waals surface area contributed by atoms with Gasteiger partial charge < -0.3 is 16.8 Å². The second-order valence-electron chi connectivity index (χ2n) is 8.82. The molecular weight excluding hydrogens is 402 g/mol. The molecular formula is C24H25N7O. The molecule has 0 aliphatic heterocycles. The largest absolute Gasteiger partial charge is 0.395 e. The Morgan fingerprint density at radius 3 is 2.72 bits per heavy atom. The average Bonchev–Trinajstić information content (AvgIpc) is 3.32. The smallest absolute Gasteiger partial charge is 0.269 e. The molecule has 0 atom stereocenters. The Labute approximate surface area is 185 Å². The number of nitrogens with one attached hydrogen (secondary N) is 2. The number of hydrogen-bond donors (Lipinski definition) is 4. The molecule has 1 aliphatic rings. The molecule has 5 rings (SSSR count). The van der Waals surface area contributed by atoms with Crippen molar-refractivity contribution >= 4 is 28.2 Å². The maximum Gasteiger partial charge on any atom is 0.269 e. The average molecular weight is 428 g/mol. The number of carbonyl (C=O) groups excluding carboxylic acids is 1. The lowest BCUT2D eigenvalue weighted by Crippen LogP contribution is -2.18. The van der Waals surface area contributed by atoms with Crippen LogP contribution in [0.1, 0.15) is 35.8 Å². The molecule has 0 unspecified atom stereocenters. The first-order chi connectivity index (χ1) is 15.4. The van der Waals surface area contributed by atoms with Crippen molar-refractivity contribution in [1.82, 2.24) is 20.2 Å². The highest BCUT2D eigenvalue weighted by Crippen LogP contribution is 2.45. The summed E-state index contributed by atoms with van der Waals surface area (Å²) < 4.78 is 0. The SMILES string of the molecule is Cc1ccc2[nH]ncc2c1-c1nc(-c2ccccc2NCC2(C)CC2)nc(C(N)=O)c1N. The van der Waals surface area contributed by atoms with E-state index in [4.69, 9.17) is 16.5 Å². The summed E-state index contributed by atoms with van der Waals surface area (Å²) in [5, 5.41) is 11.5. The second-order valence-corrected chi connectivity index (χ2v) is 8.82. The van der Waals surface area contributed by atoms with E-state index in [1.807, 2.05) is 43.3 Å². The zero-order valence-corrected chi connectivity index (χ0v) is 18.1. The molecule has 162 valence electrons. The van der Waals surface area contributed by atoms with Gasteiger partial charge >= 0.3 is 0 Å². The van der Waals surface area contributed by atoms with E-state index >= 15 is 0 Å². The van der Waals surface area contributed by atoms with E-state index in [0.717, 1.165) is 39.8 Å². The Bertz CT molecular complexity index is 1350. The summed E-state index contributed by atoms with van der Waals surface area (Å²) in [6, 6.07) is 11.7. The molecule has 0 bridgehead atoms. The molecule has 8 heteroatoms. The number of fused-ring (bicyclic) bond motifs is 1. The molecule has 1 aliphatic carbocycles. The molecule has 1 fully saturated rings. The van der Waals surface area contributed by atoms with Crippen LogP contribution in [0.2, 0.25) is 0 Å². The molecule has 6 N–H and O–H groups in total. The number of nitrogen functional groups attached to an aromatic ring is 1. The van der Waals surface area contributed by atoms with Gasteiger partial charge in [0, 0.05) is 28.7 Å². The van der Waals surface area contributed by atoms with Crippen molar-refractivity contribution in [2.24, 2.45) is 11.1 Å². The molecule has 0 saturated heterocycles. The van der Waals surface area contributed by atoms with Crippen LogP contribution < -0.4 is 16.8 Å². The van der Waals surface area contributed by atoms with Gasteiger partial charge in [-0.1, -0.05) is 25.1 Å². The van der Waals surface area contributed by atoms with Gasteiger partial charge in [0.15, 0.2) is 11.5 Å². The third-order valence-electron chi connectivity index (χ3n) is 6.23. The minimum Gasteiger partial charge on any atom is -0.395 e. The highest BCUT2D eigenvalue weighted by molar-refractivity contribution is 6.04. The summed E-state index contributed by atoms with van der Waals surface area (Å²) in [4.78, 5) is 21.6. The van der Waals surface area contributed by atoms with Gasteiger partial charge in [0.1, 0.15) is 0 Å². The monoisotopic (exact) mass is 427 g/mol. The Balaban J connectivity index is 1.70. The van der Waals surface area contributed by atoms with E-state index in [1.165, 1.54) is 12.8 Å². The second kappa shape index (κ2) is 7.33. The van der Waals surface area contributed by atoms with Crippen LogP contribution in [0.4, 0.5) is 11.4 Å². The number of aryl methyl sites for hydroxylation is 1. The summed E-state index contributed by atoms with van der Waals surface area (Å²) in [5.41, 5.74) is 17.3. The highest BCUT2D eigenvalue weighted by Gasteiger charge is 2.37. The molecule has 8 nitrogen and oxygen atoms in total. The van der Waals surface area contributed by atoms with Crippen LogP contribution in [-0.4, -0.2) is 32.6 Å². The van der Waals surface area contributed by atoms with Gasteiger partial charge in [-0.2, -0.15) is 5.10 Å². The number of hydrogen-bond acceptors (Lipinski definition) is 6. The van der Waals surface area contributed by atoms with Crippen molar-refractivity contribution in [2.75, 3.05) is 17.6 Å². The van der Waals surface area contributed by atoms with Crippen LogP contribution in [0, 0.1) is 12.3 Å². The van der Waals surface area contributed by atoms with Gasteiger partial charge in [-0.15, -0.1) is 0 Å². The Morgan fingerprint density at radius 1 is 1.19 bits per heavy atom. The van der Waals surface area contributed by atoms with Crippen LogP contribution in [0.3, 0.4) is 0 Å². The fraction of sp³-hybridized carbons (Fsp3) is 0.250. The summed E-state index contributed by atoms with van der Waals surface area (Å²) in [7, 11) is 0. The van der Waals surface area contributed by atoms with E-state index in [2.05, 4.69) is 27.4 Å². The number of nitrogens with zero attached hydrogens (tertiary/aromatic N) is 3. The van der Waals surface area contributed by atoms with E-state index < -0.39 is 5.91 Å². The standard InChI is InChI=1S/C24H25N7O/c1-13-7-8-17-15(11-28-31-17)18(13)20-19(25)21(22(26)32)30-23(29-20)14-5-3-4-6-16(14)27-12-24(2)9-10-24/h3-8,11,27H,9-10,12,25H2,1-2H3,(H2,26,32)(H,28,31). The number of para-hydroxylation sites is 1. The molecule has 2 aromatic carbocycles. The summed E-state index contributed by atoms with van der Waals surface area (Å²) in [6.07, 6.45) is 4.16. The zero-order chi connectivity index (χ0) is 22.5. The third-order valence-corrected chi connectivity index (χ3v) is 6.23. The van der Waals surface area contributed by atoms with E-state index in [-0.39, 0.29) is 11.4 Å². The van der Waals surface area contributed by atoms with Crippen LogP contribution in [0.5, 0.6) is 0 Å². The number of aromatic amines is 1. The first kappa shape index (κ1) is 20.0. The number of rotatable bonds is 6. The zero-order valence-electron chi connectivity index (χ0n) is 18.1. The lowest BCUT2D eigenvalue weighted by Gasteiger charge is -2.17. The van der Waals surface area contributed by atoms with Gasteiger partial charge in [-0.25, -0.2) is 9.97 Å². The van der Waals surface area contributed by atoms with Crippen LogP contribution >= 0.6 is 0 Å². The molecule has 4 aromatic rings. The maximum absolute atomic E-state index is 12.3. The third kappa shape index (κ3) is 3.43. The van der Waals surface area contributed by atoms with E-state index in [9.17, 15) is 4.79 Å². The number of anilines is 2. The minimum atomic E-state index is -0.694. The first-order valence-corrected chi connectivity index (χ1v) is 10.6. The van der Waals surface area contributed by atoms with Crippen molar-refractivity contribution in [3.05, 3.63) is 53.9 Å². The Morgan fingerprint density at radius 2 is 1.97 bits per heavy atom. The van der Waals surface area contributed by atoms with Gasteiger partial charge in [0.05, 0.1) is 23.1 Å². The van der Waals surface area contributed by atoms with Crippen molar-refractivity contribution < 1.29 is 4.79 Å². The van der Waals surface area contributed by atoms with Crippen LogP contribution in [0.25, 0.3) is 33.5 Å². The van der Waals surface area contributed by atoms with E-state index in [1.54, 1.807) is 6.20 Å². The van der Waals surface area contributed by atoms with Crippen molar-refractivity contribution in [3.63, 3.8) is 0 Å². The molecule has 2 heterocycles. The number of nitrogens with two attached hydrogens (primary N) is 2. The normalized spacial score (nSPS) is 14.4. The number of amides is 1. The number of primary amides is 1. The molecule has 0 radical (unpaired) electrons. The summed E-state index contributed by atoms with van der Waals surface area (Å²) in [5.74, 6) is -0.299. The molecule has 0 spiro atoms. The lowest BCUT2D eigenvalue weighted by molar-refractivity contribution is 0.0996. The van der Waals surface area contributed by atoms with Crippen molar-refractivity contribution in [3.8, 4) is 22.6 Å². The van der Waals surface area contributed by atoms with Gasteiger partial charge in [-0.05, 0) is 48.9 Å².